The number of carbonyl (C=O) groups is 3. The molecular weight excluding hydrogens is 805 g/mol. The molecule has 0 spiro atoms. The molecule has 4 aromatic carbocycles. The van der Waals surface area contributed by atoms with Gasteiger partial charge in [0.1, 0.15) is 24.4 Å². The van der Waals surface area contributed by atoms with Crippen molar-refractivity contribution in [3.63, 3.8) is 0 Å². The Morgan fingerprint density at radius 3 is 2.27 bits per heavy atom. The number of rotatable bonds is 11. The van der Waals surface area contributed by atoms with Crippen molar-refractivity contribution < 1.29 is 33.7 Å². The maximum atomic E-state index is 14.3. The number of hydrogen-bond donors (Lipinski definition) is 3. The van der Waals surface area contributed by atoms with Crippen LogP contribution in [0.3, 0.4) is 0 Å². The van der Waals surface area contributed by atoms with Crippen molar-refractivity contribution in [2.45, 2.75) is 117 Å². The molecule has 3 N–H and O–H groups in total. The minimum atomic E-state index is -1.23. The summed E-state index contributed by atoms with van der Waals surface area (Å²) in [6, 6.07) is 28.1. The number of hydrogen-bond acceptors (Lipinski definition) is 7. The van der Waals surface area contributed by atoms with Crippen LogP contribution in [0.2, 0.25) is 0 Å². The minimum absolute atomic E-state index is 0.0599. The van der Waals surface area contributed by atoms with Crippen molar-refractivity contribution in [3.05, 3.63) is 142 Å². The number of aryl methyl sites for hydroxylation is 1. The van der Waals surface area contributed by atoms with Crippen molar-refractivity contribution in [1.82, 2.24) is 20.5 Å². The minimum Gasteiger partial charge on any atom is -0.490 e. The summed E-state index contributed by atoms with van der Waals surface area (Å²) in [6.45, 7) is 13.3. The first-order valence-electron chi connectivity index (χ1n) is 22.6. The summed E-state index contributed by atoms with van der Waals surface area (Å²) in [6.07, 6.45) is 6.34. The normalized spacial score (nSPS) is 20.3. The fourth-order valence-corrected chi connectivity index (χ4v) is 9.33. The number of ether oxygens (including phenoxy) is 3. The van der Waals surface area contributed by atoms with E-state index in [4.69, 9.17) is 14.2 Å². The lowest BCUT2D eigenvalue weighted by molar-refractivity contribution is -0.142. The number of carboxylic acids is 1. The number of amides is 3. The van der Waals surface area contributed by atoms with Crippen molar-refractivity contribution in [3.8, 4) is 28.4 Å². The second-order valence-corrected chi connectivity index (χ2v) is 18.8. The van der Waals surface area contributed by atoms with Gasteiger partial charge in [-0.15, -0.1) is 0 Å². The SMILES string of the molecule is Cc1nccc(-c2ccc(C[C@H](NC(=O)[C@@H]3Cc4cc5c(cc4CN3C(=O)N[C@H](C)c3ccccc3)O[C@@H](c3ccc(O[C@H]4CC[C@H](C(C)(C)C)CC4)cc3)CO5)C(=O)O)cc2)c1C. The smallest absolute Gasteiger partial charge is 0.326 e. The van der Waals surface area contributed by atoms with Crippen LogP contribution in [0.5, 0.6) is 17.2 Å². The molecule has 334 valence electrons. The van der Waals surface area contributed by atoms with Crippen LogP contribution in [0.4, 0.5) is 4.79 Å². The average Bonchev–Trinajstić information content (AvgIpc) is 3.29. The van der Waals surface area contributed by atoms with Gasteiger partial charge in [0, 0.05) is 31.3 Å². The Labute approximate surface area is 376 Å². The van der Waals surface area contributed by atoms with E-state index in [1.165, 1.54) is 17.7 Å². The largest absolute Gasteiger partial charge is 0.490 e. The molecule has 3 amide bonds. The number of nitrogens with one attached hydrogen (secondary N) is 2. The first kappa shape index (κ1) is 44.3. The summed E-state index contributed by atoms with van der Waals surface area (Å²) in [7, 11) is 0. The molecule has 1 aliphatic carbocycles. The Bertz CT molecular complexity index is 2460. The van der Waals surface area contributed by atoms with Gasteiger partial charge in [-0.25, -0.2) is 9.59 Å². The van der Waals surface area contributed by atoms with E-state index < -0.39 is 30.0 Å². The van der Waals surface area contributed by atoms with E-state index in [2.05, 4.69) is 36.4 Å². The molecule has 4 atom stereocenters. The maximum absolute atomic E-state index is 14.3. The number of carbonyl (C=O) groups excluding carboxylic acids is 2. The predicted octanol–water partition coefficient (Wildman–Crippen LogP) is 9.87. The Balaban J connectivity index is 0.973. The van der Waals surface area contributed by atoms with Gasteiger partial charge in [0.25, 0.3) is 0 Å². The molecule has 64 heavy (non-hydrogen) atoms. The zero-order valence-electron chi connectivity index (χ0n) is 37.7. The number of pyridine rings is 1. The van der Waals surface area contributed by atoms with E-state index in [0.29, 0.717) is 23.5 Å². The lowest BCUT2D eigenvalue weighted by atomic mass is 9.72. The second kappa shape index (κ2) is 18.8. The van der Waals surface area contributed by atoms with Gasteiger partial charge in [-0.2, -0.15) is 0 Å². The molecule has 11 heteroatoms. The first-order valence-corrected chi connectivity index (χ1v) is 22.6. The molecular formula is C53H60N4O7. The van der Waals surface area contributed by atoms with E-state index >= 15 is 0 Å². The van der Waals surface area contributed by atoms with Crippen LogP contribution in [-0.4, -0.2) is 57.7 Å². The lowest BCUT2D eigenvalue weighted by Gasteiger charge is -2.38. The van der Waals surface area contributed by atoms with Crippen molar-refractivity contribution in [2.24, 2.45) is 11.3 Å². The van der Waals surface area contributed by atoms with E-state index in [1.54, 1.807) is 6.20 Å². The highest BCUT2D eigenvalue weighted by Gasteiger charge is 2.39. The van der Waals surface area contributed by atoms with Gasteiger partial charge in [-0.05, 0) is 133 Å². The van der Waals surface area contributed by atoms with Gasteiger partial charge >= 0.3 is 12.0 Å². The second-order valence-electron chi connectivity index (χ2n) is 18.8. The van der Waals surface area contributed by atoms with Crippen LogP contribution in [0, 0.1) is 25.2 Å². The maximum Gasteiger partial charge on any atom is 0.326 e. The molecule has 2 aliphatic heterocycles. The summed E-state index contributed by atoms with van der Waals surface area (Å²) < 4.78 is 19.3. The Morgan fingerprint density at radius 2 is 1.58 bits per heavy atom. The van der Waals surface area contributed by atoms with Crippen LogP contribution >= 0.6 is 0 Å². The standard InChI is InChI=1S/C53H60N4O7/c1-32-33(2)54-25-24-44(32)37-14-12-35(13-15-37)26-45(51(59)60)56-50(58)46-27-39-28-47-48(29-40(39)30-57(46)52(61)55-34(3)36-10-8-7-9-11-36)64-49(31-62-47)38-16-20-42(21-17-38)63-43-22-18-41(19-23-43)53(4,5)6/h7-17,20-21,24-25,28-29,34,41,43,45-46,49H,18-19,22-23,26-27,30-31H2,1-6H3,(H,55,61)(H,56,58)(H,59,60)/t34-,41-,43-,45+,46+,49-/m1/s1. The number of aromatic nitrogens is 1. The lowest BCUT2D eigenvalue weighted by Crippen LogP contribution is -2.57. The van der Waals surface area contributed by atoms with Crippen molar-refractivity contribution >= 4 is 17.9 Å². The highest BCUT2D eigenvalue weighted by molar-refractivity contribution is 5.91. The predicted molar refractivity (Wildman–Crippen MR) is 246 cm³/mol. The topological polar surface area (TPSA) is 139 Å². The molecule has 3 aliphatic rings. The molecule has 3 heterocycles. The molecule has 1 fully saturated rings. The van der Waals surface area contributed by atoms with Crippen LogP contribution in [0.1, 0.15) is 105 Å². The average molecular weight is 865 g/mol. The number of aliphatic carboxylic acids is 1. The zero-order chi connectivity index (χ0) is 45.1. The third kappa shape index (κ3) is 10.0. The highest BCUT2D eigenvalue weighted by Crippen LogP contribution is 2.42. The quantitative estimate of drug-likeness (QED) is 0.119. The van der Waals surface area contributed by atoms with Crippen LogP contribution in [-0.2, 0) is 29.0 Å². The van der Waals surface area contributed by atoms with Crippen molar-refractivity contribution in [2.75, 3.05) is 6.61 Å². The van der Waals surface area contributed by atoms with Gasteiger partial charge in [0.15, 0.2) is 17.6 Å². The number of benzene rings is 4. The highest BCUT2D eigenvalue weighted by atomic mass is 16.6. The summed E-state index contributed by atoms with van der Waals surface area (Å²) in [5.74, 6) is 0.958. The molecule has 0 radical (unpaired) electrons. The van der Waals surface area contributed by atoms with E-state index in [-0.39, 0.29) is 37.6 Å². The molecule has 8 rings (SSSR count). The van der Waals surface area contributed by atoms with Gasteiger partial charge in [-0.3, -0.25) is 9.78 Å². The summed E-state index contributed by atoms with van der Waals surface area (Å²) in [5, 5.41) is 16.2. The van der Waals surface area contributed by atoms with Crippen LogP contribution in [0.15, 0.2) is 103 Å². The van der Waals surface area contributed by atoms with E-state index in [0.717, 1.165) is 74.7 Å². The molecule has 1 aromatic heterocycles. The summed E-state index contributed by atoms with van der Waals surface area (Å²) in [5.41, 5.74) is 8.64. The number of urea groups is 1. The Morgan fingerprint density at radius 1 is 0.875 bits per heavy atom. The van der Waals surface area contributed by atoms with Gasteiger partial charge in [0.2, 0.25) is 5.91 Å². The number of carboxylic acid groups (broad SMARTS) is 1. The first-order chi connectivity index (χ1) is 30.7. The van der Waals surface area contributed by atoms with Gasteiger partial charge in [0.05, 0.1) is 12.1 Å². The van der Waals surface area contributed by atoms with Crippen LogP contribution in [0.25, 0.3) is 11.1 Å². The fraction of sp³-hybridized carbons (Fsp3) is 0.396. The number of nitrogens with zero attached hydrogens (tertiary/aromatic N) is 2. The van der Waals surface area contributed by atoms with E-state index in [1.807, 2.05) is 118 Å². The molecule has 0 saturated heterocycles. The Hall–Kier alpha value is -6.36. The summed E-state index contributed by atoms with van der Waals surface area (Å²) in [4.78, 5) is 47.0. The van der Waals surface area contributed by atoms with Crippen molar-refractivity contribution in [1.29, 1.82) is 0 Å². The molecule has 0 unspecified atom stereocenters. The van der Waals surface area contributed by atoms with Crippen LogP contribution < -0.4 is 24.8 Å². The molecule has 0 bridgehead atoms. The summed E-state index contributed by atoms with van der Waals surface area (Å²) >= 11 is 0. The number of fused-ring (bicyclic) bond motifs is 2. The molecule has 11 nitrogen and oxygen atoms in total. The Kier molecular flexibility index (Phi) is 13.0. The fourth-order valence-electron chi connectivity index (χ4n) is 9.33. The van der Waals surface area contributed by atoms with Gasteiger partial charge in [-0.1, -0.05) is 87.5 Å². The zero-order valence-corrected chi connectivity index (χ0v) is 37.7. The molecule has 5 aromatic rings. The third-order valence-corrected chi connectivity index (χ3v) is 13.5. The monoisotopic (exact) mass is 864 g/mol. The third-order valence-electron chi connectivity index (χ3n) is 13.5. The van der Waals surface area contributed by atoms with Gasteiger partial charge < -0.3 is 34.9 Å². The van der Waals surface area contributed by atoms with E-state index in [9.17, 15) is 19.5 Å². The molecule has 1 saturated carbocycles.